The summed E-state index contributed by atoms with van der Waals surface area (Å²) in [6.45, 7) is 4.01. The summed E-state index contributed by atoms with van der Waals surface area (Å²) in [6, 6.07) is 6.98. The molecule has 0 atom stereocenters. The van der Waals surface area contributed by atoms with Gasteiger partial charge in [-0.2, -0.15) is 4.98 Å². The highest BCUT2D eigenvalue weighted by molar-refractivity contribution is 6.35. The number of nitrogens with zero attached hydrogens (tertiary/aromatic N) is 4. The Morgan fingerprint density at radius 1 is 1.22 bits per heavy atom. The number of amides is 1. The third-order valence-corrected chi connectivity index (χ3v) is 3.86. The molecule has 3 rings (SSSR count). The lowest BCUT2D eigenvalue weighted by molar-refractivity contribution is 0.0941. The van der Waals surface area contributed by atoms with Crippen LogP contribution in [0.4, 0.5) is 0 Å². The van der Waals surface area contributed by atoms with Gasteiger partial charge in [-0.05, 0) is 37.6 Å². The van der Waals surface area contributed by atoms with Crippen LogP contribution in [0.5, 0.6) is 0 Å². The van der Waals surface area contributed by atoms with Crippen molar-refractivity contribution in [3.8, 4) is 0 Å². The maximum Gasteiger partial charge on any atom is 0.291 e. The van der Waals surface area contributed by atoms with Crippen LogP contribution in [-0.2, 0) is 6.54 Å². The van der Waals surface area contributed by atoms with Gasteiger partial charge in [0.05, 0.1) is 0 Å². The molecule has 0 radical (unpaired) electrons. The molecule has 0 saturated carbocycles. The number of rotatable bonds is 3. The van der Waals surface area contributed by atoms with Crippen LogP contribution in [-0.4, -0.2) is 25.5 Å². The van der Waals surface area contributed by atoms with Gasteiger partial charge in [0.2, 0.25) is 5.82 Å². The summed E-state index contributed by atoms with van der Waals surface area (Å²) in [7, 11) is 0. The fourth-order valence-corrected chi connectivity index (χ4v) is 2.66. The minimum Gasteiger partial charge on any atom is -0.345 e. The summed E-state index contributed by atoms with van der Waals surface area (Å²) >= 11 is 11.9. The van der Waals surface area contributed by atoms with Gasteiger partial charge in [-0.3, -0.25) is 4.79 Å². The second kappa shape index (κ2) is 6.14. The third-order valence-electron chi connectivity index (χ3n) is 3.28. The van der Waals surface area contributed by atoms with Crippen molar-refractivity contribution >= 4 is 34.9 Å². The predicted octanol–water partition coefficient (Wildman–Crippen LogP) is 2.98. The molecule has 0 fully saturated rings. The summed E-state index contributed by atoms with van der Waals surface area (Å²) in [4.78, 5) is 20.6. The number of hydrogen-bond acceptors (Lipinski definition) is 4. The van der Waals surface area contributed by atoms with E-state index in [1.807, 2.05) is 19.9 Å². The van der Waals surface area contributed by atoms with Crippen molar-refractivity contribution in [1.82, 2.24) is 24.9 Å². The molecule has 3 aromatic rings. The quantitative estimate of drug-likeness (QED) is 0.788. The number of nitrogens with one attached hydrogen (secondary N) is 1. The molecule has 23 heavy (non-hydrogen) atoms. The molecule has 6 nitrogen and oxygen atoms in total. The van der Waals surface area contributed by atoms with Crippen LogP contribution < -0.4 is 5.32 Å². The van der Waals surface area contributed by atoms with E-state index in [1.165, 1.54) is 4.52 Å². The Bertz CT molecular complexity index is 906. The molecule has 0 spiro atoms. The monoisotopic (exact) mass is 349 g/mol. The largest absolute Gasteiger partial charge is 0.345 e. The molecule has 0 aliphatic heterocycles. The lowest BCUT2D eigenvalue weighted by atomic mass is 10.2. The molecule has 0 aliphatic carbocycles. The summed E-state index contributed by atoms with van der Waals surface area (Å²) in [5.74, 6) is 0.0760. The smallest absolute Gasteiger partial charge is 0.291 e. The molecule has 1 N–H and O–H groups in total. The molecule has 0 saturated heterocycles. The molecular weight excluding hydrogens is 337 g/mol. The minimum absolute atomic E-state index is 0.0660. The first-order valence-corrected chi connectivity index (χ1v) is 7.63. The molecular formula is C15H13Cl2N5O. The van der Waals surface area contributed by atoms with Gasteiger partial charge in [0.15, 0.2) is 0 Å². The highest BCUT2D eigenvalue weighted by Gasteiger charge is 2.15. The summed E-state index contributed by atoms with van der Waals surface area (Å²) < 4.78 is 1.54. The Labute approximate surface area is 142 Å². The van der Waals surface area contributed by atoms with E-state index in [9.17, 15) is 4.79 Å². The first-order valence-electron chi connectivity index (χ1n) is 6.87. The zero-order chi connectivity index (χ0) is 16.6. The van der Waals surface area contributed by atoms with Crippen molar-refractivity contribution in [1.29, 1.82) is 0 Å². The standard InChI is InChI=1S/C15H13Cl2N5O/c1-8-5-9(2)22-15(19-8)20-13(21-22)14(23)18-7-10-3-4-11(16)6-12(10)17/h3-6H,7H2,1-2H3,(H,18,23). The van der Waals surface area contributed by atoms with E-state index in [4.69, 9.17) is 23.2 Å². The van der Waals surface area contributed by atoms with Gasteiger partial charge in [-0.15, -0.1) is 5.10 Å². The second-order valence-corrected chi connectivity index (χ2v) is 5.95. The number of halogens is 2. The van der Waals surface area contributed by atoms with Gasteiger partial charge in [0, 0.05) is 28.0 Å². The molecule has 1 aromatic carbocycles. The molecule has 118 valence electrons. The van der Waals surface area contributed by atoms with Crippen molar-refractivity contribution in [2.75, 3.05) is 0 Å². The van der Waals surface area contributed by atoms with E-state index in [2.05, 4.69) is 20.4 Å². The zero-order valence-electron chi connectivity index (χ0n) is 12.5. The SMILES string of the molecule is Cc1cc(C)n2nc(C(=O)NCc3ccc(Cl)cc3Cl)nc2n1. The van der Waals surface area contributed by atoms with Gasteiger partial charge >= 0.3 is 0 Å². The minimum atomic E-state index is -0.390. The van der Waals surface area contributed by atoms with Gasteiger partial charge in [0.1, 0.15) is 0 Å². The maximum atomic E-state index is 12.2. The fourth-order valence-electron chi connectivity index (χ4n) is 2.18. The van der Waals surface area contributed by atoms with Crippen molar-refractivity contribution in [3.63, 3.8) is 0 Å². The van der Waals surface area contributed by atoms with E-state index < -0.39 is 5.91 Å². The van der Waals surface area contributed by atoms with E-state index in [1.54, 1.807) is 18.2 Å². The second-order valence-electron chi connectivity index (χ2n) is 5.10. The number of benzene rings is 1. The summed E-state index contributed by atoms with van der Waals surface area (Å²) in [6.07, 6.45) is 0. The van der Waals surface area contributed by atoms with Gasteiger partial charge in [0.25, 0.3) is 11.7 Å². The molecule has 0 unspecified atom stereocenters. The van der Waals surface area contributed by atoms with E-state index in [0.717, 1.165) is 17.0 Å². The van der Waals surface area contributed by atoms with E-state index in [-0.39, 0.29) is 12.4 Å². The lowest BCUT2D eigenvalue weighted by Crippen LogP contribution is -2.24. The van der Waals surface area contributed by atoms with Gasteiger partial charge in [-0.25, -0.2) is 9.50 Å². The Kier molecular flexibility index (Phi) is 4.19. The molecule has 2 aromatic heterocycles. The number of aromatic nitrogens is 4. The van der Waals surface area contributed by atoms with E-state index in [0.29, 0.717) is 15.8 Å². The maximum absolute atomic E-state index is 12.2. The van der Waals surface area contributed by atoms with Crippen LogP contribution >= 0.6 is 23.2 Å². The normalized spacial score (nSPS) is 11.0. The van der Waals surface area contributed by atoms with Crippen molar-refractivity contribution in [2.45, 2.75) is 20.4 Å². The molecule has 1 amide bonds. The highest BCUT2D eigenvalue weighted by atomic mass is 35.5. The fraction of sp³-hybridized carbons (Fsp3) is 0.200. The molecule has 0 aliphatic rings. The Morgan fingerprint density at radius 3 is 2.74 bits per heavy atom. The first kappa shape index (κ1) is 15.7. The molecule has 0 bridgehead atoms. The Hall–Kier alpha value is -2.18. The van der Waals surface area contributed by atoms with Crippen molar-refractivity contribution < 1.29 is 4.79 Å². The van der Waals surface area contributed by atoms with Crippen LogP contribution in [0.25, 0.3) is 5.78 Å². The van der Waals surface area contributed by atoms with E-state index >= 15 is 0 Å². The first-order chi connectivity index (χ1) is 10.9. The average Bonchev–Trinajstić information content (AvgIpc) is 2.90. The number of hydrogen-bond donors (Lipinski definition) is 1. The van der Waals surface area contributed by atoms with Crippen molar-refractivity contribution in [2.24, 2.45) is 0 Å². The van der Waals surface area contributed by atoms with Gasteiger partial charge in [-0.1, -0.05) is 29.3 Å². The highest BCUT2D eigenvalue weighted by Crippen LogP contribution is 2.20. The number of fused-ring (bicyclic) bond motifs is 1. The topological polar surface area (TPSA) is 72.2 Å². The zero-order valence-corrected chi connectivity index (χ0v) is 14.0. The van der Waals surface area contributed by atoms with Crippen LogP contribution in [0.3, 0.4) is 0 Å². The Morgan fingerprint density at radius 2 is 2.00 bits per heavy atom. The molecule has 2 heterocycles. The predicted molar refractivity (Wildman–Crippen MR) is 87.9 cm³/mol. The average molecular weight is 350 g/mol. The van der Waals surface area contributed by atoms with Gasteiger partial charge < -0.3 is 5.32 Å². The number of carbonyl (C=O) groups is 1. The Balaban J connectivity index is 1.79. The van der Waals surface area contributed by atoms with Crippen LogP contribution in [0, 0.1) is 13.8 Å². The van der Waals surface area contributed by atoms with Crippen LogP contribution in [0.2, 0.25) is 10.0 Å². The van der Waals surface area contributed by atoms with Crippen LogP contribution in [0.1, 0.15) is 27.6 Å². The van der Waals surface area contributed by atoms with Crippen LogP contribution in [0.15, 0.2) is 24.3 Å². The molecule has 8 heteroatoms. The summed E-state index contributed by atoms with van der Waals surface area (Å²) in [5, 5.41) is 7.96. The lowest BCUT2D eigenvalue weighted by Gasteiger charge is -2.05. The number of carbonyl (C=O) groups excluding carboxylic acids is 1. The number of aryl methyl sites for hydroxylation is 2. The van der Waals surface area contributed by atoms with Crippen molar-refractivity contribution in [3.05, 3.63) is 57.1 Å². The third kappa shape index (κ3) is 3.28. The summed E-state index contributed by atoms with van der Waals surface area (Å²) in [5.41, 5.74) is 2.44.